The summed E-state index contributed by atoms with van der Waals surface area (Å²) in [6, 6.07) is 18.6. The van der Waals surface area contributed by atoms with Gasteiger partial charge in [0.05, 0.1) is 24.4 Å². The SMILES string of the molecule is COCC(=O)Cc1ccc(-c2cc(CN3CCOCC3)c3ccccc3n2)cc1. The van der Waals surface area contributed by atoms with Gasteiger partial charge in [-0.1, -0.05) is 42.5 Å². The number of benzene rings is 2. The van der Waals surface area contributed by atoms with Crippen LogP contribution in [0.1, 0.15) is 11.1 Å². The van der Waals surface area contributed by atoms with Gasteiger partial charge in [0.25, 0.3) is 0 Å². The number of fused-ring (bicyclic) bond motifs is 1. The smallest absolute Gasteiger partial charge is 0.162 e. The summed E-state index contributed by atoms with van der Waals surface area (Å²) in [5, 5.41) is 1.20. The molecule has 2 aromatic carbocycles. The predicted molar refractivity (Wildman–Crippen MR) is 114 cm³/mol. The number of methoxy groups -OCH3 is 1. The molecule has 1 aliphatic heterocycles. The molecule has 29 heavy (non-hydrogen) atoms. The van der Waals surface area contributed by atoms with E-state index in [-0.39, 0.29) is 12.4 Å². The Morgan fingerprint density at radius 2 is 1.86 bits per heavy atom. The van der Waals surface area contributed by atoms with Crippen LogP contribution in [0.15, 0.2) is 54.6 Å². The Hall–Kier alpha value is -2.60. The molecule has 0 atom stereocenters. The number of carbonyl (C=O) groups is 1. The summed E-state index contributed by atoms with van der Waals surface area (Å²) >= 11 is 0. The average molecular weight is 390 g/mol. The Kier molecular flexibility index (Phi) is 6.30. The Balaban J connectivity index is 1.62. The van der Waals surface area contributed by atoms with Crippen LogP contribution >= 0.6 is 0 Å². The molecule has 0 radical (unpaired) electrons. The number of morpholine rings is 1. The average Bonchev–Trinajstić information content (AvgIpc) is 2.75. The number of hydrogen-bond acceptors (Lipinski definition) is 5. The maximum Gasteiger partial charge on any atom is 0.162 e. The van der Waals surface area contributed by atoms with Gasteiger partial charge in [-0.25, -0.2) is 4.98 Å². The molecule has 4 rings (SSSR count). The predicted octanol–water partition coefficient (Wildman–Crippen LogP) is 3.49. The van der Waals surface area contributed by atoms with Crippen molar-refractivity contribution >= 4 is 16.7 Å². The van der Waals surface area contributed by atoms with Gasteiger partial charge in [0.15, 0.2) is 5.78 Å². The van der Waals surface area contributed by atoms with E-state index in [0.717, 1.165) is 55.2 Å². The largest absolute Gasteiger partial charge is 0.379 e. The second kappa shape index (κ2) is 9.27. The fourth-order valence-electron chi connectivity index (χ4n) is 3.76. The summed E-state index contributed by atoms with van der Waals surface area (Å²) in [6.07, 6.45) is 0.390. The molecule has 0 aliphatic carbocycles. The zero-order valence-corrected chi connectivity index (χ0v) is 16.8. The van der Waals surface area contributed by atoms with Crippen molar-refractivity contribution in [3.63, 3.8) is 0 Å². The van der Waals surface area contributed by atoms with E-state index in [2.05, 4.69) is 29.2 Å². The molecule has 0 N–H and O–H groups in total. The number of aromatic nitrogens is 1. The lowest BCUT2D eigenvalue weighted by Crippen LogP contribution is -2.35. The summed E-state index contributed by atoms with van der Waals surface area (Å²) in [7, 11) is 1.54. The number of para-hydroxylation sites is 1. The Morgan fingerprint density at radius 1 is 1.10 bits per heavy atom. The maximum atomic E-state index is 11.8. The first-order chi connectivity index (χ1) is 14.2. The van der Waals surface area contributed by atoms with Crippen LogP contribution in [0.5, 0.6) is 0 Å². The van der Waals surface area contributed by atoms with Crippen molar-refractivity contribution in [2.75, 3.05) is 40.0 Å². The van der Waals surface area contributed by atoms with Gasteiger partial charge in [-0.3, -0.25) is 9.69 Å². The topological polar surface area (TPSA) is 51.7 Å². The minimum atomic E-state index is 0.0804. The van der Waals surface area contributed by atoms with Crippen LogP contribution in [0.25, 0.3) is 22.2 Å². The Labute approximate surface area is 171 Å². The lowest BCUT2D eigenvalue weighted by Gasteiger charge is -2.27. The highest BCUT2D eigenvalue weighted by Crippen LogP contribution is 2.26. The number of nitrogens with zero attached hydrogens (tertiary/aromatic N) is 2. The van der Waals surface area contributed by atoms with Crippen LogP contribution in [-0.4, -0.2) is 55.7 Å². The van der Waals surface area contributed by atoms with Gasteiger partial charge < -0.3 is 9.47 Å². The van der Waals surface area contributed by atoms with Crippen LogP contribution in [0.4, 0.5) is 0 Å². The highest BCUT2D eigenvalue weighted by atomic mass is 16.5. The van der Waals surface area contributed by atoms with Gasteiger partial charge in [-0.15, -0.1) is 0 Å². The monoisotopic (exact) mass is 390 g/mol. The van der Waals surface area contributed by atoms with E-state index >= 15 is 0 Å². The van der Waals surface area contributed by atoms with E-state index in [9.17, 15) is 4.79 Å². The molecular weight excluding hydrogens is 364 g/mol. The Bertz CT molecular complexity index is 979. The minimum absolute atomic E-state index is 0.0804. The van der Waals surface area contributed by atoms with Crippen molar-refractivity contribution in [3.8, 4) is 11.3 Å². The first-order valence-electron chi connectivity index (χ1n) is 10.0. The van der Waals surface area contributed by atoms with E-state index in [1.807, 2.05) is 30.3 Å². The lowest BCUT2D eigenvalue weighted by molar-refractivity contribution is -0.121. The van der Waals surface area contributed by atoms with E-state index in [1.54, 1.807) is 7.11 Å². The van der Waals surface area contributed by atoms with Crippen LogP contribution in [0.3, 0.4) is 0 Å². The maximum absolute atomic E-state index is 11.8. The fourth-order valence-corrected chi connectivity index (χ4v) is 3.76. The van der Waals surface area contributed by atoms with Gasteiger partial charge in [0, 0.05) is 44.1 Å². The van der Waals surface area contributed by atoms with Crippen molar-refractivity contribution in [2.24, 2.45) is 0 Å². The number of hydrogen-bond donors (Lipinski definition) is 0. The molecular formula is C24H26N2O3. The summed E-state index contributed by atoms with van der Waals surface area (Å²) in [4.78, 5) is 19.1. The van der Waals surface area contributed by atoms with Crippen molar-refractivity contribution in [1.29, 1.82) is 0 Å². The third-order valence-electron chi connectivity index (χ3n) is 5.26. The first kappa shape index (κ1) is 19.7. The van der Waals surface area contributed by atoms with E-state index in [1.165, 1.54) is 10.9 Å². The first-order valence-corrected chi connectivity index (χ1v) is 10.0. The summed E-state index contributed by atoms with van der Waals surface area (Å²) in [5.41, 5.74) is 5.30. The van der Waals surface area contributed by atoms with Crippen LogP contribution in [-0.2, 0) is 27.2 Å². The molecule has 1 aliphatic rings. The second-order valence-corrected chi connectivity index (χ2v) is 7.42. The number of rotatable bonds is 7. The summed E-state index contributed by atoms with van der Waals surface area (Å²) in [5.74, 6) is 0.0804. The highest BCUT2D eigenvalue weighted by molar-refractivity contribution is 5.85. The minimum Gasteiger partial charge on any atom is -0.379 e. The molecule has 150 valence electrons. The summed E-state index contributed by atoms with van der Waals surface area (Å²) in [6.45, 7) is 4.53. The highest BCUT2D eigenvalue weighted by Gasteiger charge is 2.14. The van der Waals surface area contributed by atoms with Gasteiger partial charge >= 0.3 is 0 Å². The third kappa shape index (κ3) is 4.88. The lowest BCUT2D eigenvalue weighted by atomic mass is 10.0. The molecule has 5 heteroatoms. The fraction of sp³-hybridized carbons (Fsp3) is 0.333. The number of ketones is 1. The molecule has 0 saturated carbocycles. The van der Waals surface area contributed by atoms with Gasteiger partial charge in [0.2, 0.25) is 0 Å². The normalized spacial score (nSPS) is 14.9. The second-order valence-electron chi connectivity index (χ2n) is 7.42. The van der Waals surface area contributed by atoms with Crippen molar-refractivity contribution in [3.05, 3.63) is 65.7 Å². The number of ether oxygens (including phenoxy) is 2. The van der Waals surface area contributed by atoms with E-state index in [0.29, 0.717) is 6.42 Å². The standard InChI is InChI=1S/C24H26N2O3/c1-28-17-21(27)14-18-6-8-19(9-7-18)24-15-20(16-26-10-12-29-13-11-26)22-4-2-3-5-23(22)25-24/h2-9,15H,10-14,16-17H2,1H3. The van der Waals surface area contributed by atoms with Crippen molar-refractivity contribution in [1.82, 2.24) is 9.88 Å². The molecule has 5 nitrogen and oxygen atoms in total. The molecule has 1 fully saturated rings. The number of pyridine rings is 1. The molecule has 0 amide bonds. The molecule has 0 bridgehead atoms. The van der Waals surface area contributed by atoms with Gasteiger partial charge in [-0.05, 0) is 23.3 Å². The van der Waals surface area contributed by atoms with Crippen molar-refractivity contribution < 1.29 is 14.3 Å². The van der Waals surface area contributed by atoms with Crippen LogP contribution in [0, 0.1) is 0 Å². The van der Waals surface area contributed by atoms with E-state index in [4.69, 9.17) is 14.5 Å². The summed E-state index contributed by atoms with van der Waals surface area (Å²) < 4.78 is 10.4. The molecule has 3 aromatic rings. The molecule has 1 saturated heterocycles. The Morgan fingerprint density at radius 3 is 2.62 bits per heavy atom. The van der Waals surface area contributed by atoms with Crippen molar-refractivity contribution in [2.45, 2.75) is 13.0 Å². The molecule has 2 heterocycles. The molecule has 0 spiro atoms. The molecule has 1 aromatic heterocycles. The number of Topliss-reactive ketones (excluding diaryl/α,β-unsaturated/α-hetero) is 1. The molecule has 0 unspecified atom stereocenters. The third-order valence-corrected chi connectivity index (χ3v) is 5.26. The zero-order valence-electron chi connectivity index (χ0n) is 16.8. The van der Waals surface area contributed by atoms with Gasteiger partial charge in [0.1, 0.15) is 6.61 Å². The van der Waals surface area contributed by atoms with Crippen LogP contribution < -0.4 is 0 Å². The van der Waals surface area contributed by atoms with Gasteiger partial charge in [-0.2, -0.15) is 0 Å². The quantitative estimate of drug-likeness (QED) is 0.618. The van der Waals surface area contributed by atoms with Crippen LogP contribution in [0.2, 0.25) is 0 Å². The zero-order chi connectivity index (χ0) is 20.1. The van der Waals surface area contributed by atoms with E-state index < -0.39 is 0 Å². The number of carbonyl (C=O) groups excluding carboxylic acids is 1.